The Kier molecular flexibility index (Phi) is 10.9. The Morgan fingerprint density at radius 1 is 1.40 bits per heavy atom. The van der Waals surface area contributed by atoms with Crippen molar-refractivity contribution in [3.05, 3.63) is 0 Å². The third-order valence-corrected chi connectivity index (χ3v) is 1.07. The summed E-state index contributed by atoms with van der Waals surface area (Å²) >= 11 is 0. The molecule has 10 heavy (non-hydrogen) atoms. The van der Waals surface area contributed by atoms with Gasteiger partial charge < -0.3 is 10.9 Å². The van der Waals surface area contributed by atoms with E-state index in [1.165, 1.54) is 0 Å². The smallest absolute Gasteiger partial charge is 0.0743 e. The van der Waals surface area contributed by atoms with Crippen LogP contribution in [0.5, 0.6) is 0 Å². The first-order chi connectivity index (χ1) is 4.72. The molecule has 0 aromatic heterocycles. The Morgan fingerprint density at radius 3 is 1.80 bits per heavy atom. The quantitative estimate of drug-likeness (QED) is 0.337. The van der Waals surface area contributed by atoms with Crippen molar-refractivity contribution in [2.75, 3.05) is 6.54 Å². The van der Waals surface area contributed by atoms with Crippen molar-refractivity contribution < 1.29 is 15.6 Å². The first-order valence-electron chi connectivity index (χ1n) is 2.85. The first kappa shape index (κ1) is 12.4. The van der Waals surface area contributed by atoms with E-state index in [1.807, 2.05) is 6.92 Å². The minimum atomic E-state index is -0.324. The fraction of sp³-hybridized carbons (Fsp3) is 1.00. The molecule has 0 aliphatic carbocycles. The van der Waals surface area contributed by atoms with Gasteiger partial charge in [0.15, 0.2) is 0 Å². The summed E-state index contributed by atoms with van der Waals surface area (Å²) in [6.07, 6.45) is 0.642. The Balaban J connectivity index is 0. The molecule has 0 saturated heterocycles. The zero-order valence-corrected chi connectivity index (χ0v) is 5.94. The van der Waals surface area contributed by atoms with Crippen LogP contribution < -0.4 is 11.6 Å². The van der Waals surface area contributed by atoms with Crippen LogP contribution in [-0.2, 0) is 0 Å². The molecule has 0 fully saturated rings. The van der Waals surface area contributed by atoms with Gasteiger partial charge in [0.25, 0.3) is 0 Å². The lowest BCUT2D eigenvalue weighted by atomic mass is 10.2. The van der Waals surface area contributed by atoms with Gasteiger partial charge in [-0.2, -0.15) is 0 Å². The van der Waals surface area contributed by atoms with Gasteiger partial charge in [-0.1, -0.05) is 12.2 Å². The largest absolute Gasteiger partial charge is 0.329 e. The number of hydrogen-bond acceptors (Lipinski definition) is 6. The third-order valence-electron chi connectivity index (χ3n) is 1.07. The van der Waals surface area contributed by atoms with Gasteiger partial charge in [-0.3, -0.25) is 10.4 Å². The van der Waals surface area contributed by atoms with Crippen molar-refractivity contribution in [2.24, 2.45) is 11.6 Å². The summed E-state index contributed by atoms with van der Waals surface area (Å²) in [6, 6.07) is -0.324. The highest BCUT2D eigenvalue weighted by Crippen LogP contribution is 1.93. The first-order valence-corrected chi connectivity index (χ1v) is 2.85. The van der Waals surface area contributed by atoms with Crippen LogP contribution in [0.25, 0.3) is 0 Å². The van der Waals surface area contributed by atoms with Crippen LogP contribution in [0.2, 0.25) is 0 Å². The van der Waals surface area contributed by atoms with Gasteiger partial charge in [-0.15, -0.1) is 0 Å². The predicted octanol–water partition coefficient (Wildman–Crippen LogP) is -0.862. The Morgan fingerprint density at radius 2 is 1.80 bits per heavy atom. The fourth-order valence-corrected chi connectivity index (χ4v) is 0.424. The van der Waals surface area contributed by atoms with E-state index in [1.54, 1.807) is 0 Å². The zero-order valence-electron chi connectivity index (χ0n) is 5.94. The van der Waals surface area contributed by atoms with Crippen molar-refractivity contribution in [1.29, 1.82) is 0 Å². The minimum Gasteiger partial charge on any atom is -0.329 e. The van der Waals surface area contributed by atoms with Gasteiger partial charge >= 0.3 is 0 Å². The van der Waals surface area contributed by atoms with E-state index in [4.69, 9.17) is 21.4 Å². The van der Waals surface area contributed by atoms with E-state index in [9.17, 15) is 0 Å². The monoisotopic (exact) mass is 153 g/mol. The maximum absolute atomic E-state index is 8.32. The van der Waals surface area contributed by atoms with Gasteiger partial charge in [-0.25, -0.2) is 5.90 Å². The number of hydroxylamine groups is 2. The van der Waals surface area contributed by atoms with Crippen LogP contribution in [0.1, 0.15) is 13.3 Å². The van der Waals surface area contributed by atoms with Crippen molar-refractivity contribution in [2.45, 2.75) is 19.4 Å². The minimum absolute atomic E-state index is 0.153. The SMILES string of the molecule is CCC(CN)N(O)O.NO. The molecule has 6 heteroatoms. The maximum atomic E-state index is 8.32. The molecule has 0 saturated carbocycles. The summed E-state index contributed by atoms with van der Waals surface area (Å²) < 4.78 is 0. The Bertz CT molecular complexity index is 57.7. The van der Waals surface area contributed by atoms with E-state index >= 15 is 0 Å². The molecule has 0 rings (SSSR count). The second-order valence-electron chi connectivity index (χ2n) is 1.62. The summed E-state index contributed by atoms with van der Waals surface area (Å²) in [5.41, 5.74) is 5.12. The van der Waals surface area contributed by atoms with Gasteiger partial charge in [0.1, 0.15) is 0 Å². The summed E-state index contributed by atoms with van der Waals surface area (Å²) in [5, 5.41) is 23.3. The summed E-state index contributed by atoms with van der Waals surface area (Å²) in [7, 11) is 0. The molecule has 0 spiro atoms. The van der Waals surface area contributed by atoms with E-state index in [0.29, 0.717) is 6.42 Å². The van der Waals surface area contributed by atoms with E-state index < -0.39 is 0 Å². The topological polar surface area (TPSA) is 116 Å². The van der Waals surface area contributed by atoms with Crippen LogP contribution >= 0.6 is 0 Å². The van der Waals surface area contributed by atoms with Crippen molar-refractivity contribution >= 4 is 0 Å². The molecule has 0 aromatic rings. The Labute approximate surface area is 59.5 Å². The molecule has 1 atom stereocenters. The standard InChI is InChI=1S/C4H12N2O2.H3NO/c1-2-4(3-5)6(7)8;1-2/h4,7-8H,2-3,5H2,1H3;2H,1H2. The van der Waals surface area contributed by atoms with Crippen LogP contribution in [-0.4, -0.2) is 33.4 Å². The summed E-state index contributed by atoms with van der Waals surface area (Å²) in [5.74, 6) is 3.50. The molecule has 0 radical (unpaired) electrons. The highest BCUT2D eigenvalue weighted by Gasteiger charge is 2.07. The molecular weight excluding hydrogens is 138 g/mol. The molecule has 0 aliphatic heterocycles. The lowest BCUT2D eigenvalue weighted by molar-refractivity contribution is -0.330. The van der Waals surface area contributed by atoms with Gasteiger partial charge in [0.2, 0.25) is 0 Å². The number of nitrogens with two attached hydrogens (primary N) is 2. The van der Waals surface area contributed by atoms with Crippen LogP contribution in [0, 0.1) is 0 Å². The van der Waals surface area contributed by atoms with Gasteiger partial charge in [0, 0.05) is 6.54 Å². The molecule has 0 bridgehead atoms. The highest BCUT2D eigenvalue weighted by molar-refractivity contribution is 4.56. The lowest BCUT2D eigenvalue weighted by Crippen LogP contribution is -2.35. The average Bonchev–Trinajstić information content (AvgIpc) is 1.94. The second kappa shape index (κ2) is 8.76. The van der Waals surface area contributed by atoms with E-state index in [0.717, 1.165) is 0 Å². The molecule has 1 unspecified atom stereocenters. The predicted molar refractivity (Wildman–Crippen MR) is 34.5 cm³/mol. The fourth-order valence-electron chi connectivity index (χ4n) is 0.424. The zero-order chi connectivity index (χ0) is 8.57. The number of nitrogens with zero attached hydrogens (tertiary/aromatic N) is 1. The molecule has 6 nitrogen and oxygen atoms in total. The lowest BCUT2D eigenvalue weighted by Gasteiger charge is -2.15. The van der Waals surface area contributed by atoms with Crippen molar-refractivity contribution in [1.82, 2.24) is 5.23 Å². The van der Waals surface area contributed by atoms with Gasteiger partial charge in [-0.05, 0) is 6.42 Å². The maximum Gasteiger partial charge on any atom is 0.0743 e. The second-order valence-corrected chi connectivity index (χ2v) is 1.62. The molecular formula is C4H15N3O3. The highest BCUT2D eigenvalue weighted by atomic mass is 16.8. The van der Waals surface area contributed by atoms with E-state index in [2.05, 4.69) is 5.90 Å². The molecule has 0 aliphatic rings. The normalized spacial score (nSPS) is 12.3. The number of rotatable bonds is 3. The van der Waals surface area contributed by atoms with E-state index in [-0.39, 0.29) is 17.8 Å². The molecule has 64 valence electrons. The van der Waals surface area contributed by atoms with Crippen LogP contribution in [0.3, 0.4) is 0 Å². The molecule has 7 N–H and O–H groups in total. The summed E-state index contributed by atoms with van der Waals surface area (Å²) in [4.78, 5) is 0. The molecule has 0 heterocycles. The van der Waals surface area contributed by atoms with Crippen LogP contribution in [0.15, 0.2) is 0 Å². The van der Waals surface area contributed by atoms with Crippen molar-refractivity contribution in [3.8, 4) is 0 Å². The van der Waals surface area contributed by atoms with Gasteiger partial charge in [0.05, 0.1) is 6.04 Å². The summed E-state index contributed by atoms with van der Waals surface area (Å²) in [6.45, 7) is 2.10. The molecule has 0 aromatic carbocycles. The van der Waals surface area contributed by atoms with Crippen LogP contribution in [0.4, 0.5) is 0 Å². The third kappa shape index (κ3) is 5.89. The van der Waals surface area contributed by atoms with Crippen molar-refractivity contribution in [3.63, 3.8) is 0 Å². The number of hydrogen-bond donors (Lipinski definition) is 5. The molecule has 0 amide bonds. The Hall–Kier alpha value is -0.240. The average molecular weight is 153 g/mol.